The highest BCUT2D eigenvalue weighted by Crippen LogP contribution is 2.46. The van der Waals surface area contributed by atoms with E-state index in [1.54, 1.807) is 0 Å². The van der Waals surface area contributed by atoms with Gasteiger partial charge in [0.25, 0.3) is 0 Å². The highest BCUT2D eigenvalue weighted by Gasteiger charge is 2.27. The zero-order valence-corrected chi connectivity index (χ0v) is 25.7. The van der Waals surface area contributed by atoms with Gasteiger partial charge in [0, 0.05) is 49.4 Å². The summed E-state index contributed by atoms with van der Waals surface area (Å²) >= 11 is 0. The molecule has 0 bridgehead atoms. The van der Waals surface area contributed by atoms with Gasteiger partial charge < -0.3 is 13.7 Å². The van der Waals surface area contributed by atoms with E-state index in [1.165, 1.54) is 93.6 Å². The van der Waals surface area contributed by atoms with Crippen molar-refractivity contribution in [3.8, 4) is 17.1 Å². The normalized spacial score (nSPS) is 12.9. The van der Waals surface area contributed by atoms with E-state index in [9.17, 15) is 0 Å². The van der Waals surface area contributed by atoms with Crippen LogP contribution in [0.2, 0.25) is 0 Å². The van der Waals surface area contributed by atoms with E-state index >= 15 is 0 Å². The van der Waals surface area contributed by atoms with Gasteiger partial charge in [0.1, 0.15) is 0 Å². The van der Waals surface area contributed by atoms with Crippen molar-refractivity contribution in [1.82, 2.24) is 13.7 Å². The molecule has 0 radical (unpaired) electrons. The van der Waals surface area contributed by atoms with Crippen LogP contribution in [0.4, 0.5) is 0 Å². The topological polar surface area (TPSA) is 14.8 Å². The van der Waals surface area contributed by atoms with Crippen molar-refractivity contribution >= 4 is 65.4 Å². The van der Waals surface area contributed by atoms with Crippen LogP contribution in [-0.4, -0.2) is 13.7 Å². The number of fused-ring (bicyclic) bond motifs is 7. The number of aryl methyl sites for hydroxylation is 2. The standard InChI is InChI=1S/C44H29N3/c1-3-13-30(14-4-1)45-37-19-9-7-17-33(37)35-27-32(24-25-39(35)45)47-38-20-10-8-18-34(38)36-26-29-23-22-28-12-11-21-40-41(28)42(29)44(43(36)47)46(40)31-15-5-2-6-16-31/h1-21,24-27H,22-23H2. The molecule has 0 aliphatic heterocycles. The second kappa shape index (κ2) is 9.24. The van der Waals surface area contributed by atoms with Crippen LogP contribution in [0.1, 0.15) is 11.1 Å². The van der Waals surface area contributed by atoms with Gasteiger partial charge in [-0.3, -0.25) is 0 Å². The number of hydrogen-bond donors (Lipinski definition) is 0. The third-order valence-corrected chi connectivity index (χ3v) is 10.5. The fraction of sp³-hybridized carbons (Fsp3) is 0.0455. The Bertz CT molecular complexity index is 2880. The van der Waals surface area contributed by atoms with E-state index in [0.717, 1.165) is 12.8 Å². The minimum atomic E-state index is 1.06. The summed E-state index contributed by atoms with van der Waals surface area (Å²) in [5.74, 6) is 0. The largest absolute Gasteiger partial charge is 0.309 e. The first-order valence-corrected chi connectivity index (χ1v) is 16.5. The van der Waals surface area contributed by atoms with Crippen molar-refractivity contribution in [2.45, 2.75) is 12.8 Å². The van der Waals surface area contributed by atoms with Crippen LogP contribution in [0.5, 0.6) is 0 Å². The Morgan fingerprint density at radius 2 is 0.894 bits per heavy atom. The first kappa shape index (κ1) is 25.2. The van der Waals surface area contributed by atoms with Crippen LogP contribution in [0.3, 0.4) is 0 Å². The molecule has 0 saturated carbocycles. The van der Waals surface area contributed by atoms with Crippen molar-refractivity contribution < 1.29 is 0 Å². The monoisotopic (exact) mass is 599 g/mol. The zero-order valence-electron chi connectivity index (χ0n) is 25.7. The van der Waals surface area contributed by atoms with E-state index in [0.29, 0.717) is 0 Å². The number of para-hydroxylation sites is 4. The Labute approximate surface area is 271 Å². The molecule has 0 N–H and O–H groups in total. The lowest BCUT2D eigenvalue weighted by Crippen LogP contribution is -2.01. The summed E-state index contributed by atoms with van der Waals surface area (Å²) in [5.41, 5.74) is 14.0. The lowest BCUT2D eigenvalue weighted by Gasteiger charge is -2.15. The molecule has 3 nitrogen and oxygen atoms in total. The number of aromatic nitrogens is 3. The van der Waals surface area contributed by atoms with Crippen LogP contribution in [0, 0.1) is 0 Å². The minimum Gasteiger partial charge on any atom is -0.309 e. The summed E-state index contributed by atoms with van der Waals surface area (Å²) in [6.45, 7) is 0. The summed E-state index contributed by atoms with van der Waals surface area (Å²) < 4.78 is 7.45. The van der Waals surface area contributed by atoms with Crippen molar-refractivity contribution in [3.05, 3.63) is 163 Å². The van der Waals surface area contributed by atoms with E-state index in [1.807, 2.05) is 0 Å². The lowest BCUT2D eigenvalue weighted by molar-refractivity contribution is 0.971. The maximum atomic E-state index is 2.53. The van der Waals surface area contributed by atoms with Crippen LogP contribution >= 0.6 is 0 Å². The maximum Gasteiger partial charge on any atom is 0.0791 e. The molecule has 0 fully saturated rings. The summed E-state index contributed by atoms with van der Waals surface area (Å²) in [5, 5.41) is 7.95. The third-order valence-electron chi connectivity index (χ3n) is 10.5. The van der Waals surface area contributed by atoms with E-state index < -0.39 is 0 Å². The quantitative estimate of drug-likeness (QED) is 0.192. The molecule has 0 unspecified atom stereocenters. The van der Waals surface area contributed by atoms with Crippen molar-refractivity contribution in [1.29, 1.82) is 0 Å². The van der Waals surface area contributed by atoms with Gasteiger partial charge in [-0.25, -0.2) is 0 Å². The van der Waals surface area contributed by atoms with Gasteiger partial charge >= 0.3 is 0 Å². The molecule has 220 valence electrons. The smallest absolute Gasteiger partial charge is 0.0791 e. The van der Waals surface area contributed by atoms with Crippen molar-refractivity contribution in [2.75, 3.05) is 0 Å². The molecule has 3 aromatic heterocycles. The number of hydrogen-bond acceptors (Lipinski definition) is 0. The van der Waals surface area contributed by atoms with Crippen LogP contribution < -0.4 is 0 Å². The van der Waals surface area contributed by atoms with Crippen molar-refractivity contribution in [3.63, 3.8) is 0 Å². The molecule has 3 heteroatoms. The highest BCUT2D eigenvalue weighted by atomic mass is 15.0. The molecule has 1 aliphatic rings. The summed E-state index contributed by atoms with van der Waals surface area (Å²) in [6.07, 6.45) is 2.13. The molecule has 0 atom stereocenters. The van der Waals surface area contributed by atoms with E-state index in [2.05, 4.69) is 165 Å². The SMILES string of the molecule is c1ccc(-n2c3ccccc3c3cc(-n4c5ccccc5c5cc6c7c8c(cccc8n(-c8ccccc8)c7c54)CC6)ccc32)cc1. The molecule has 11 rings (SSSR count). The summed E-state index contributed by atoms with van der Waals surface area (Å²) in [7, 11) is 0. The fourth-order valence-electron chi connectivity index (χ4n) is 8.58. The lowest BCUT2D eigenvalue weighted by atomic mass is 9.90. The second-order valence-electron chi connectivity index (χ2n) is 12.9. The molecule has 10 aromatic rings. The van der Waals surface area contributed by atoms with Crippen LogP contribution in [-0.2, 0) is 12.8 Å². The van der Waals surface area contributed by atoms with E-state index in [4.69, 9.17) is 0 Å². The Kier molecular flexibility index (Phi) is 4.95. The molecular weight excluding hydrogens is 571 g/mol. The Morgan fingerprint density at radius 3 is 1.66 bits per heavy atom. The zero-order chi connectivity index (χ0) is 30.6. The number of nitrogens with zero attached hydrogens (tertiary/aromatic N) is 3. The van der Waals surface area contributed by atoms with Gasteiger partial charge in [-0.15, -0.1) is 0 Å². The molecule has 7 aromatic carbocycles. The van der Waals surface area contributed by atoms with E-state index in [-0.39, 0.29) is 0 Å². The Balaban J connectivity index is 1.33. The maximum absolute atomic E-state index is 2.53. The van der Waals surface area contributed by atoms with Crippen LogP contribution in [0.25, 0.3) is 82.5 Å². The van der Waals surface area contributed by atoms with Gasteiger partial charge in [-0.05, 0) is 90.7 Å². The summed E-state index contributed by atoms with van der Waals surface area (Å²) in [6, 6.07) is 55.8. The van der Waals surface area contributed by atoms with Gasteiger partial charge in [-0.2, -0.15) is 0 Å². The molecule has 0 amide bonds. The van der Waals surface area contributed by atoms with Gasteiger partial charge in [-0.1, -0.05) is 84.9 Å². The first-order valence-electron chi connectivity index (χ1n) is 16.5. The van der Waals surface area contributed by atoms with Crippen LogP contribution in [0.15, 0.2) is 152 Å². The molecular formula is C44H29N3. The number of benzene rings is 7. The second-order valence-corrected chi connectivity index (χ2v) is 12.9. The van der Waals surface area contributed by atoms with Gasteiger partial charge in [0.15, 0.2) is 0 Å². The molecule has 1 aliphatic carbocycles. The average Bonchev–Trinajstić information content (AvgIpc) is 3.78. The fourth-order valence-corrected chi connectivity index (χ4v) is 8.58. The molecule has 0 spiro atoms. The summed E-state index contributed by atoms with van der Waals surface area (Å²) in [4.78, 5) is 0. The molecule has 0 saturated heterocycles. The Morgan fingerprint density at radius 1 is 0.319 bits per heavy atom. The van der Waals surface area contributed by atoms with Gasteiger partial charge in [0.05, 0.1) is 33.1 Å². The number of rotatable bonds is 3. The van der Waals surface area contributed by atoms with Gasteiger partial charge in [0.2, 0.25) is 0 Å². The molecule has 3 heterocycles. The minimum absolute atomic E-state index is 1.06. The first-order chi connectivity index (χ1) is 23.3. The van der Waals surface area contributed by atoms with Crippen molar-refractivity contribution in [2.24, 2.45) is 0 Å². The predicted octanol–water partition coefficient (Wildman–Crippen LogP) is 11.1. The Hall–Kier alpha value is -6.06. The average molecular weight is 600 g/mol. The molecule has 47 heavy (non-hydrogen) atoms. The highest BCUT2D eigenvalue weighted by molar-refractivity contribution is 6.26. The predicted molar refractivity (Wildman–Crippen MR) is 197 cm³/mol. The third kappa shape index (κ3) is 3.30.